The van der Waals surface area contributed by atoms with Gasteiger partial charge >= 0.3 is 6.18 Å². The van der Waals surface area contributed by atoms with Crippen LogP contribution in [0.3, 0.4) is 0 Å². The van der Waals surface area contributed by atoms with E-state index in [1.165, 1.54) is 5.56 Å². The minimum absolute atomic E-state index is 0.0317. The topological polar surface area (TPSA) is 71.7 Å². The molecule has 1 amide bonds. The fourth-order valence-corrected chi connectivity index (χ4v) is 3.66. The molecule has 1 aliphatic heterocycles. The summed E-state index contributed by atoms with van der Waals surface area (Å²) in [5.41, 5.74) is 2.11. The van der Waals surface area contributed by atoms with E-state index < -0.39 is 12.8 Å². The van der Waals surface area contributed by atoms with Gasteiger partial charge < -0.3 is 14.2 Å². The van der Waals surface area contributed by atoms with Gasteiger partial charge in [-0.05, 0) is 17.9 Å². The van der Waals surface area contributed by atoms with E-state index in [1.807, 2.05) is 12.1 Å². The minimum atomic E-state index is -4.28. The summed E-state index contributed by atoms with van der Waals surface area (Å²) in [5, 5.41) is 4.03. The molecule has 3 rings (SSSR count). The quantitative estimate of drug-likeness (QED) is 0.493. The van der Waals surface area contributed by atoms with Crippen molar-refractivity contribution in [2.75, 3.05) is 45.9 Å². The first-order chi connectivity index (χ1) is 15.7. The highest BCUT2D eigenvalue weighted by Crippen LogP contribution is 2.21. The van der Waals surface area contributed by atoms with Crippen molar-refractivity contribution in [3.8, 4) is 11.4 Å². The lowest BCUT2D eigenvalue weighted by Gasteiger charge is -2.34. The molecule has 0 bridgehead atoms. The van der Waals surface area contributed by atoms with E-state index >= 15 is 0 Å². The Hall–Kier alpha value is -2.46. The normalized spacial score (nSPS) is 15.4. The molecule has 0 N–H and O–H groups in total. The van der Waals surface area contributed by atoms with E-state index in [0.29, 0.717) is 69.6 Å². The first-order valence-corrected chi connectivity index (χ1v) is 11.3. The van der Waals surface area contributed by atoms with E-state index in [0.717, 1.165) is 5.56 Å². The maximum atomic E-state index is 12.5. The molecule has 0 radical (unpaired) electrons. The lowest BCUT2D eigenvalue weighted by atomic mass is 10.0. The van der Waals surface area contributed by atoms with Crippen LogP contribution in [-0.2, 0) is 16.0 Å². The van der Waals surface area contributed by atoms with Gasteiger partial charge in [-0.1, -0.05) is 43.3 Å². The number of carbonyl (C=O) groups excluding carboxylic acids is 1. The molecule has 0 unspecified atom stereocenters. The van der Waals surface area contributed by atoms with Gasteiger partial charge in [0.15, 0.2) is 0 Å². The Balaban J connectivity index is 1.35. The predicted octanol–water partition coefficient (Wildman–Crippen LogP) is 3.91. The van der Waals surface area contributed by atoms with Gasteiger partial charge in [0.2, 0.25) is 17.6 Å². The Bertz CT molecular complexity index is 876. The third-order valence-electron chi connectivity index (χ3n) is 5.61. The third kappa shape index (κ3) is 8.12. The van der Waals surface area contributed by atoms with Crippen molar-refractivity contribution in [1.29, 1.82) is 0 Å². The smallest absolute Gasteiger partial charge is 0.372 e. The largest absolute Gasteiger partial charge is 0.411 e. The van der Waals surface area contributed by atoms with Crippen molar-refractivity contribution in [2.24, 2.45) is 0 Å². The second-order valence-corrected chi connectivity index (χ2v) is 8.53. The van der Waals surface area contributed by atoms with E-state index in [9.17, 15) is 18.0 Å². The van der Waals surface area contributed by atoms with Gasteiger partial charge in [-0.2, -0.15) is 18.2 Å². The minimum Gasteiger partial charge on any atom is -0.372 e. The van der Waals surface area contributed by atoms with E-state index in [-0.39, 0.29) is 12.5 Å². The van der Waals surface area contributed by atoms with Crippen LogP contribution in [0, 0.1) is 0 Å². The van der Waals surface area contributed by atoms with Crippen molar-refractivity contribution in [1.82, 2.24) is 19.9 Å². The second kappa shape index (κ2) is 11.6. The summed E-state index contributed by atoms with van der Waals surface area (Å²) < 4.78 is 46.1. The van der Waals surface area contributed by atoms with Crippen LogP contribution < -0.4 is 0 Å². The first-order valence-electron chi connectivity index (χ1n) is 11.3. The average Bonchev–Trinajstić information content (AvgIpc) is 3.26. The number of hydrogen-bond acceptors (Lipinski definition) is 6. The molecule has 1 aromatic carbocycles. The van der Waals surface area contributed by atoms with Crippen LogP contribution in [0.4, 0.5) is 13.2 Å². The molecular formula is C23H31F3N4O3. The number of aromatic nitrogens is 2. The second-order valence-electron chi connectivity index (χ2n) is 8.53. The maximum absolute atomic E-state index is 12.5. The Kier molecular flexibility index (Phi) is 8.85. The molecule has 182 valence electrons. The van der Waals surface area contributed by atoms with E-state index in [2.05, 4.69) is 45.8 Å². The number of alkyl halides is 3. The molecule has 0 aliphatic carbocycles. The van der Waals surface area contributed by atoms with E-state index in [4.69, 9.17) is 4.52 Å². The number of ether oxygens (including phenoxy) is 1. The monoisotopic (exact) mass is 468 g/mol. The number of piperazine rings is 1. The van der Waals surface area contributed by atoms with Crippen LogP contribution in [0.25, 0.3) is 11.4 Å². The lowest BCUT2D eigenvalue weighted by molar-refractivity contribution is -0.174. The number of aryl methyl sites for hydroxylation is 1. The van der Waals surface area contributed by atoms with Crippen LogP contribution in [0.1, 0.15) is 44.1 Å². The molecule has 0 spiro atoms. The Morgan fingerprint density at radius 3 is 2.48 bits per heavy atom. The fraction of sp³-hybridized carbons (Fsp3) is 0.609. The number of nitrogens with zero attached hydrogens (tertiary/aromatic N) is 4. The van der Waals surface area contributed by atoms with Crippen molar-refractivity contribution >= 4 is 5.91 Å². The van der Waals surface area contributed by atoms with Crippen molar-refractivity contribution in [3.05, 3.63) is 35.7 Å². The summed E-state index contributed by atoms with van der Waals surface area (Å²) in [5.74, 6) is 1.43. The first kappa shape index (κ1) is 25.2. The summed E-state index contributed by atoms with van der Waals surface area (Å²) in [6.07, 6.45) is -3.08. The molecular weight excluding hydrogens is 437 g/mol. The Morgan fingerprint density at radius 2 is 1.85 bits per heavy atom. The number of carbonyl (C=O) groups is 1. The number of benzene rings is 1. The van der Waals surface area contributed by atoms with Crippen molar-refractivity contribution < 1.29 is 27.2 Å². The third-order valence-corrected chi connectivity index (χ3v) is 5.61. The van der Waals surface area contributed by atoms with Crippen LogP contribution >= 0.6 is 0 Å². The van der Waals surface area contributed by atoms with Gasteiger partial charge in [-0.25, -0.2) is 0 Å². The summed E-state index contributed by atoms with van der Waals surface area (Å²) in [4.78, 5) is 20.9. The average molecular weight is 469 g/mol. The highest BCUT2D eigenvalue weighted by atomic mass is 19.4. The zero-order chi connectivity index (χ0) is 23.8. The highest BCUT2D eigenvalue weighted by molar-refractivity contribution is 5.76. The standard InChI is InChI=1S/C23H31F3N4O3/c1-17(2)18-4-6-19(7-5-18)22-27-20(33-28-22)8-9-21(31)30-13-11-29(12-14-30)10-3-15-32-16-23(24,25)26/h4-7,17H,3,8-16H2,1-2H3. The van der Waals surface area contributed by atoms with E-state index in [1.54, 1.807) is 4.90 Å². The number of halogens is 3. The molecule has 1 fully saturated rings. The zero-order valence-electron chi connectivity index (χ0n) is 19.1. The van der Waals surface area contributed by atoms with Gasteiger partial charge in [0.25, 0.3) is 0 Å². The molecule has 1 aromatic heterocycles. The summed E-state index contributed by atoms with van der Waals surface area (Å²) >= 11 is 0. The molecule has 33 heavy (non-hydrogen) atoms. The Labute approximate surface area is 191 Å². The number of amides is 1. The predicted molar refractivity (Wildman–Crippen MR) is 117 cm³/mol. The van der Waals surface area contributed by atoms with Crippen LogP contribution in [0.15, 0.2) is 28.8 Å². The molecule has 0 saturated carbocycles. The molecule has 2 aromatic rings. The van der Waals surface area contributed by atoms with Gasteiger partial charge in [-0.15, -0.1) is 0 Å². The molecule has 0 atom stereocenters. The lowest BCUT2D eigenvalue weighted by Crippen LogP contribution is -2.49. The molecule has 7 nitrogen and oxygen atoms in total. The molecule has 2 heterocycles. The molecule has 1 aliphatic rings. The van der Waals surface area contributed by atoms with Gasteiger partial charge in [0, 0.05) is 57.7 Å². The van der Waals surface area contributed by atoms with Crippen LogP contribution in [0.5, 0.6) is 0 Å². The summed E-state index contributed by atoms with van der Waals surface area (Å²) in [7, 11) is 0. The van der Waals surface area contributed by atoms with Gasteiger partial charge in [-0.3, -0.25) is 9.69 Å². The fourth-order valence-electron chi connectivity index (χ4n) is 3.66. The van der Waals surface area contributed by atoms with Crippen molar-refractivity contribution in [3.63, 3.8) is 0 Å². The Morgan fingerprint density at radius 1 is 1.15 bits per heavy atom. The van der Waals surface area contributed by atoms with Gasteiger partial charge in [0.1, 0.15) is 6.61 Å². The summed E-state index contributed by atoms with van der Waals surface area (Å²) in [6, 6.07) is 8.04. The van der Waals surface area contributed by atoms with Crippen LogP contribution in [-0.4, -0.2) is 78.0 Å². The molecule has 10 heteroatoms. The summed E-state index contributed by atoms with van der Waals surface area (Å²) in [6.45, 7) is 6.38. The zero-order valence-corrected chi connectivity index (χ0v) is 19.1. The van der Waals surface area contributed by atoms with Crippen molar-refractivity contribution in [2.45, 2.75) is 45.2 Å². The highest BCUT2D eigenvalue weighted by Gasteiger charge is 2.27. The SMILES string of the molecule is CC(C)c1ccc(-c2noc(CCC(=O)N3CCN(CCCOCC(F)(F)F)CC3)n2)cc1. The number of hydrogen-bond donors (Lipinski definition) is 0. The van der Waals surface area contributed by atoms with Gasteiger partial charge in [0.05, 0.1) is 0 Å². The maximum Gasteiger partial charge on any atom is 0.411 e. The van der Waals surface area contributed by atoms with Crippen LogP contribution in [0.2, 0.25) is 0 Å². The number of rotatable bonds is 10. The molecule has 1 saturated heterocycles.